The van der Waals surface area contributed by atoms with Gasteiger partial charge in [-0.05, 0) is 50.9 Å². The Labute approximate surface area is 180 Å². The van der Waals surface area contributed by atoms with Crippen molar-refractivity contribution in [1.82, 2.24) is 19.9 Å². The summed E-state index contributed by atoms with van der Waals surface area (Å²) < 4.78 is 5.40. The van der Waals surface area contributed by atoms with Crippen LogP contribution in [0.4, 0.5) is 0 Å². The van der Waals surface area contributed by atoms with Crippen LogP contribution in [0.3, 0.4) is 0 Å². The number of amides is 2. The summed E-state index contributed by atoms with van der Waals surface area (Å²) in [5, 5.41) is 4.63. The summed E-state index contributed by atoms with van der Waals surface area (Å²) in [5.74, 6) is 0.919. The van der Waals surface area contributed by atoms with Gasteiger partial charge in [-0.1, -0.05) is 28.9 Å². The zero-order chi connectivity index (χ0) is 21.1. The molecule has 8 nitrogen and oxygen atoms in total. The Morgan fingerprint density at radius 3 is 2.40 bits per heavy atom. The van der Waals surface area contributed by atoms with Gasteiger partial charge in [0.1, 0.15) is 0 Å². The van der Waals surface area contributed by atoms with Crippen LogP contribution in [-0.4, -0.2) is 57.9 Å². The average Bonchev–Trinajstić information content (AvgIpc) is 3.22. The predicted molar refractivity (Wildman–Crippen MR) is 111 cm³/mol. The Morgan fingerprint density at radius 1 is 1.07 bits per heavy atom. The number of primary amides is 1. The second kappa shape index (κ2) is 9.14. The number of nitrogens with two attached hydrogens (primary N) is 1. The first-order valence-corrected chi connectivity index (χ1v) is 10.8. The van der Waals surface area contributed by atoms with E-state index in [9.17, 15) is 9.59 Å². The van der Waals surface area contributed by atoms with Gasteiger partial charge in [0.2, 0.25) is 23.5 Å². The van der Waals surface area contributed by atoms with Crippen molar-refractivity contribution in [3.05, 3.63) is 35.2 Å². The molecule has 9 heteroatoms. The van der Waals surface area contributed by atoms with E-state index in [1.807, 2.05) is 23.1 Å². The summed E-state index contributed by atoms with van der Waals surface area (Å²) in [5.41, 5.74) is 6.13. The molecule has 4 rings (SSSR count). The van der Waals surface area contributed by atoms with Crippen molar-refractivity contribution in [3.63, 3.8) is 0 Å². The third-order valence-electron chi connectivity index (χ3n) is 6.09. The first kappa shape index (κ1) is 20.8. The third kappa shape index (κ3) is 4.65. The number of likely N-dealkylation sites (tertiary alicyclic amines) is 2. The molecular weight excluding hydrogens is 406 g/mol. The second-order valence-electron chi connectivity index (χ2n) is 8.04. The van der Waals surface area contributed by atoms with Crippen LogP contribution in [0, 0.1) is 11.8 Å². The molecule has 1 aromatic heterocycles. The molecule has 160 valence electrons. The minimum absolute atomic E-state index is 0.0350. The highest BCUT2D eigenvalue weighted by atomic mass is 35.5. The van der Waals surface area contributed by atoms with Gasteiger partial charge in [-0.15, -0.1) is 0 Å². The van der Waals surface area contributed by atoms with Crippen LogP contribution >= 0.6 is 11.6 Å². The number of benzene rings is 1. The zero-order valence-corrected chi connectivity index (χ0v) is 17.6. The lowest BCUT2D eigenvalue weighted by molar-refractivity contribution is -0.140. The van der Waals surface area contributed by atoms with Crippen molar-refractivity contribution >= 4 is 23.4 Å². The van der Waals surface area contributed by atoms with Crippen molar-refractivity contribution < 1.29 is 14.1 Å². The summed E-state index contributed by atoms with van der Waals surface area (Å²) in [7, 11) is 0. The Kier molecular flexibility index (Phi) is 6.34. The molecule has 0 aliphatic carbocycles. The highest BCUT2D eigenvalue weighted by molar-refractivity contribution is 6.33. The number of hydrogen-bond acceptors (Lipinski definition) is 6. The van der Waals surface area contributed by atoms with E-state index in [0.717, 1.165) is 31.5 Å². The van der Waals surface area contributed by atoms with Crippen LogP contribution in [0.2, 0.25) is 5.02 Å². The fourth-order valence-electron chi connectivity index (χ4n) is 4.24. The molecule has 0 bridgehead atoms. The van der Waals surface area contributed by atoms with Gasteiger partial charge < -0.3 is 15.2 Å². The molecule has 2 aromatic rings. The predicted octanol–water partition coefficient (Wildman–Crippen LogP) is 2.33. The molecule has 2 saturated heterocycles. The van der Waals surface area contributed by atoms with E-state index >= 15 is 0 Å². The van der Waals surface area contributed by atoms with Gasteiger partial charge in [0, 0.05) is 30.5 Å². The summed E-state index contributed by atoms with van der Waals surface area (Å²) in [6.45, 7) is 3.41. The molecule has 2 fully saturated rings. The highest BCUT2D eigenvalue weighted by Crippen LogP contribution is 2.27. The highest BCUT2D eigenvalue weighted by Gasteiger charge is 2.32. The SMILES string of the molecule is NC(=O)C1CCN(C(=O)C2CCN(Cc3nc(-c4ccccc4Cl)no3)CC2)CC1. The first-order chi connectivity index (χ1) is 14.5. The maximum absolute atomic E-state index is 12.8. The average molecular weight is 432 g/mol. The van der Waals surface area contributed by atoms with Gasteiger partial charge in [-0.3, -0.25) is 14.5 Å². The second-order valence-corrected chi connectivity index (χ2v) is 8.45. The van der Waals surface area contributed by atoms with E-state index in [-0.39, 0.29) is 23.7 Å². The summed E-state index contributed by atoms with van der Waals surface area (Å²) >= 11 is 6.20. The molecular formula is C21H26ClN5O3. The minimum Gasteiger partial charge on any atom is -0.369 e. The standard InChI is InChI=1S/C21H26ClN5O3/c22-17-4-2-1-3-16(17)20-24-18(30-25-20)13-26-9-5-15(6-10-26)21(29)27-11-7-14(8-12-27)19(23)28/h1-4,14-15H,5-13H2,(H2,23,28). The van der Waals surface area contributed by atoms with E-state index < -0.39 is 0 Å². The van der Waals surface area contributed by atoms with Crippen LogP contribution in [-0.2, 0) is 16.1 Å². The Balaban J connectivity index is 1.27. The lowest BCUT2D eigenvalue weighted by Gasteiger charge is -2.36. The molecule has 30 heavy (non-hydrogen) atoms. The van der Waals surface area contributed by atoms with Crippen LogP contribution in [0.1, 0.15) is 31.6 Å². The van der Waals surface area contributed by atoms with Crippen molar-refractivity contribution in [3.8, 4) is 11.4 Å². The number of carbonyl (C=O) groups is 2. The molecule has 0 unspecified atom stereocenters. The summed E-state index contributed by atoms with van der Waals surface area (Å²) in [6, 6.07) is 7.40. The Bertz CT molecular complexity index is 902. The minimum atomic E-state index is -0.255. The number of piperidine rings is 2. The first-order valence-electron chi connectivity index (χ1n) is 10.4. The van der Waals surface area contributed by atoms with Crippen LogP contribution < -0.4 is 5.73 Å². The molecule has 0 spiro atoms. The van der Waals surface area contributed by atoms with E-state index in [1.54, 1.807) is 6.07 Å². The lowest BCUT2D eigenvalue weighted by Crippen LogP contribution is -2.46. The van der Waals surface area contributed by atoms with Gasteiger partial charge in [-0.25, -0.2) is 0 Å². The molecule has 0 atom stereocenters. The van der Waals surface area contributed by atoms with E-state index in [2.05, 4.69) is 15.0 Å². The van der Waals surface area contributed by atoms with E-state index in [1.165, 1.54) is 0 Å². The van der Waals surface area contributed by atoms with Crippen LogP contribution in [0.25, 0.3) is 11.4 Å². The number of aromatic nitrogens is 2. The molecule has 0 radical (unpaired) electrons. The fourth-order valence-corrected chi connectivity index (χ4v) is 4.46. The Hall–Kier alpha value is -2.45. The smallest absolute Gasteiger partial charge is 0.241 e. The summed E-state index contributed by atoms with van der Waals surface area (Å²) in [4.78, 5) is 32.7. The molecule has 2 amide bonds. The van der Waals surface area contributed by atoms with Crippen LogP contribution in [0.5, 0.6) is 0 Å². The number of halogens is 1. The number of hydrogen-bond donors (Lipinski definition) is 1. The molecule has 0 saturated carbocycles. The van der Waals surface area contributed by atoms with Crippen LogP contribution in [0.15, 0.2) is 28.8 Å². The normalized spacial score (nSPS) is 19.2. The number of nitrogens with zero attached hydrogens (tertiary/aromatic N) is 4. The maximum atomic E-state index is 12.8. The summed E-state index contributed by atoms with van der Waals surface area (Å²) in [6.07, 6.45) is 2.95. The monoisotopic (exact) mass is 431 g/mol. The van der Waals surface area contributed by atoms with Crippen molar-refractivity contribution in [2.75, 3.05) is 26.2 Å². The molecule has 2 aliphatic rings. The van der Waals surface area contributed by atoms with E-state index in [0.29, 0.717) is 49.2 Å². The molecule has 3 heterocycles. The Morgan fingerprint density at radius 2 is 1.73 bits per heavy atom. The molecule has 2 aliphatic heterocycles. The van der Waals surface area contributed by atoms with Crippen molar-refractivity contribution in [2.45, 2.75) is 32.2 Å². The zero-order valence-electron chi connectivity index (χ0n) is 16.8. The largest absolute Gasteiger partial charge is 0.369 e. The van der Waals surface area contributed by atoms with E-state index in [4.69, 9.17) is 21.9 Å². The fraction of sp³-hybridized carbons (Fsp3) is 0.524. The quantitative estimate of drug-likeness (QED) is 0.778. The van der Waals surface area contributed by atoms with Crippen molar-refractivity contribution in [1.29, 1.82) is 0 Å². The van der Waals surface area contributed by atoms with Gasteiger partial charge in [-0.2, -0.15) is 4.98 Å². The van der Waals surface area contributed by atoms with Crippen molar-refractivity contribution in [2.24, 2.45) is 17.6 Å². The molecule has 2 N–H and O–H groups in total. The van der Waals surface area contributed by atoms with Gasteiger partial charge in [0.05, 0.1) is 11.6 Å². The third-order valence-corrected chi connectivity index (χ3v) is 6.42. The molecule has 1 aromatic carbocycles. The van der Waals surface area contributed by atoms with Gasteiger partial charge in [0.25, 0.3) is 0 Å². The number of carbonyl (C=O) groups excluding carboxylic acids is 2. The lowest BCUT2D eigenvalue weighted by atomic mass is 9.92. The van der Waals surface area contributed by atoms with Gasteiger partial charge >= 0.3 is 0 Å². The maximum Gasteiger partial charge on any atom is 0.241 e. The number of rotatable bonds is 5. The van der Waals surface area contributed by atoms with Gasteiger partial charge in [0.15, 0.2) is 0 Å². The topological polar surface area (TPSA) is 106 Å².